The van der Waals surface area contributed by atoms with Gasteiger partial charge in [-0.2, -0.15) is 0 Å². The second-order valence-corrected chi connectivity index (χ2v) is 3.23. The molecule has 0 spiro atoms. The minimum Gasteiger partial charge on any atom is -0.471 e. The number of benzene rings is 1. The van der Waals surface area contributed by atoms with Gasteiger partial charge in [-0.15, -0.1) is 0 Å². The molecule has 72 valence electrons. The molecule has 0 aliphatic carbocycles. The Morgan fingerprint density at radius 3 is 2.64 bits per heavy atom. The largest absolute Gasteiger partial charge is 0.471 e. The molecule has 2 aromatic rings. The number of aliphatic hydroxyl groups is 1. The highest BCUT2D eigenvalue weighted by Crippen LogP contribution is 2.22. The number of rotatable bonds is 3. The average molecular weight is 188 g/mol. The van der Waals surface area contributed by atoms with Crippen molar-refractivity contribution in [2.45, 2.75) is 6.42 Å². The third-order valence-electron chi connectivity index (χ3n) is 2.34. The summed E-state index contributed by atoms with van der Waals surface area (Å²) in [4.78, 5) is 0. The van der Waals surface area contributed by atoms with Crippen LogP contribution in [-0.4, -0.2) is 11.7 Å². The molecule has 1 heterocycles. The van der Waals surface area contributed by atoms with E-state index in [-0.39, 0.29) is 6.61 Å². The fraction of sp³-hybridized carbons (Fsp3) is 0.167. The van der Waals surface area contributed by atoms with Crippen LogP contribution in [0.2, 0.25) is 0 Å². The molecule has 14 heavy (non-hydrogen) atoms. The van der Waals surface area contributed by atoms with Crippen LogP contribution in [0.4, 0.5) is 0 Å². The van der Waals surface area contributed by atoms with Crippen molar-refractivity contribution in [3.8, 4) is 0 Å². The van der Waals surface area contributed by atoms with Crippen molar-refractivity contribution in [3.63, 3.8) is 0 Å². The number of hydrogen-bond donors (Lipinski definition) is 1. The van der Waals surface area contributed by atoms with Crippen molar-refractivity contribution in [1.29, 1.82) is 0 Å². The maximum atomic E-state index is 8.90. The van der Waals surface area contributed by atoms with Crippen LogP contribution in [0, 0.1) is 0 Å². The van der Waals surface area contributed by atoms with E-state index in [0.29, 0.717) is 6.42 Å². The van der Waals surface area contributed by atoms with Crippen LogP contribution < -0.4 is 0 Å². The Morgan fingerprint density at radius 1 is 1.29 bits per heavy atom. The normalized spacial score (nSPS) is 10.6. The molecule has 0 atom stereocenters. The van der Waals surface area contributed by atoms with Gasteiger partial charge in [0.2, 0.25) is 0 Å². The van der Waals surface area contributed by atoms with Crippen LogP contribution in [0.1, 0.15) is 11.1 Å². The maximum absolute atomic E-state index is 8.90. The summed E-state index contributed by atoms with van der Waals surface area (Å²) in [6.45, 7) is 3.91. The van der Waals surface area contributed by atoms with Crippen LogP contribution in [0.15, 0.2) is 35.7 Å². The standard InChI is InChI=1S/C12H12O2/c1-2-9-5-11-7-14-8-12(11)6-10(9)3-4-13/h2,5-8,13H,1,3-4H2. The molecule has 2 nitrogen and oxygen atoms in total. The second-order valence-electron chi connectivity index (χ2n) is 3.23. The van der Waals surface area contributed by atoms with Gasteiger partial charge in [-0.05, 0) is 29.7 Å². The van der Waals surface area contributed by atoms with Gasteiger partial charge < -0.3 is 9.52 Å². The Hall–Kier alpha value is -1.54. The first-order valence-corrected chi connectivity index (χ1v) is 4.57. The molecule has 2 heteroatoms. The Labute approximate surface area is 82.5 Å². The summed E-state index contributed by atoms with van der Waals surface area (Å²) >= 11 is 0. The van der Waals surface area contributed by atoms with Crippen molar-refractivity contribution in [1.82, 2.24) is 0 Å². The monoisotopic (exact) mass is 188 g/mol. The fourth-order valence-corrected chi connectivity index (χ4v) is 1.61. The molecular weight excluding hydrogens is 176 g/mol. The van der Waals surface area contributed by atoms with Crippen molar-refractivity contribution < 1.29 is 9.52 Å². The third kappa shape index (κ3) is 1.44. The zero-order valence-electron chi connectivity index (χ0n) is 7.86. The van der Waals surface area contributed by atoms with Crippen molar-refractivity contribution in [3.05, 3.63) is 42.4 Å². The summed E-state index contributed by atoms with van der Waals surface area (Å²) in [6.07, 6.45) is 5.88. The van der Waals surface area contributed by atoms with Crippen molar-refractivity contribution >= 4 is 16.8 Å². The molecule has 1 aromatic heterocycles. The van der Waals surface area contributed by atoms with Crippen molar-refractivity contribution in [2.24, 2.45) is 0 Å². The van der Waals surface area contributed by atoms with E-state index in [4.69, 9.17) is 9.52 Å². The Balaban J connectivity index is 2.60. The summed E-state index contributed by atoms with van der Waals surface area (Å²) in [7, 11) is 0. The lowest BCUT2D eigenvalue weighted by Gasteiger charge is -2.03. The Bertz CT molecular complexity index is 454. The number of furan rings is 1. The van der Waals surface area contributed by atoms with Gasteiger partial charge in [0, 0.05) is 17.4 Å². The van der Waals surface area contributed by atoms with Crippen LogP contribution in [-0.2, 0) is 6.42 Å². The van der Waals surface area contributed by atoms with Gasteiger partial charge in [0.25, 0.3) is 0 Å². The molecular formula is C12H12O2. The first-order valence-electron chi connectivity index (χ1n) is 4.57. The van der Waals surface area contributed by atoms with Gasteiger partial charge in [-0.25, -0.2) is 0 Å². The zero-order chi connectivity index (χ0) is 9.97. The molecule has 0 fully saturated rings. The van der Waals surface area contributed by atoms with Crippen molar-refractivity contribution in [2.75, 3.05) is 6.61 Å². The molecule has 0 aliphatic heterocycles. The summed E-state index contributed by atoms with van der Waals surface area (Å²) in [6, 6.07) is 4.06. The van der Waals surface area contributed by atoms with Gasteiger partial charge in [0.15, 0.2) is 0 Å². The second kappa shape index (κ2) is 3.68. The lowest BCUT2D eigenvalue weighted by molar-refractivity contribution is 0.299. The van der Waals surface area contributed by atoms with Crippen LogP contribution in [0.5, 0.6) is 0 Å². The first kappa shape index (κ1) is 9.03. The van der Waals surface area contributed by atoms with E-state index in [0.717, 1.165) is 21.9 Å². The van der Waals surface area contributed by atoms with Gasteiger partial charge in [-0.1, -0.05) is 12.7 Å². The highest BCUT2D eigenvalue weighted by Gasteiger charge is 2.03. The summed E-state index contributed by atoms with van der Waals surface area (Å²) < 4.78 is 5.10. The molecule has 0 unspecified atom stereocenters. The first-order chi connectivity index (χ1) is 6.85. The number of hydrogen-bond acceptors (Lipinski definition) is 2. The van der Waals surface area contributed by atoms with E-state index < -0.39 is 0 Å². The van der Waals surface area contributed by atoms with E-state index in [9.17, 15) is 0 Å². The van der Waals surface area contributed by atoms with Crippen LogP contribution in [0.3, 0.4) is 0 Å². The van der Waals surface area contributed by atoms with Gasteiger partial charge in [0.05, 0.1) is 12.5 Å². The van der Waals surface area contributed by atoms with Crippen LogP contribution in [0.25, 0.3) is 16.8 Å². The molecule has 0 saturated carbocycles. The predicted molar refractivity (Wildman–Crippen MR) is 57.1 cm³/mol. The summed E-state index contributed by atoms with van der Waals surface area (Å²) in [5.74, 6) is 0. The number of fused-ring (bicyclic) bond motifs is 1. The molecule has 0 aliphatic rings. The minimum atomic E-state index is 0.157. The lowest BCUT2D eigenvalue weighted by atomic mass is 10.0. The van der Waals surface area contributed by atoms with Gasteiger partial charge in [-0.3, -0.25) is 0 Å². The molecule has 0 amide bonds. The highest BCUT2D eigenvalue weighted by atomic mass is 16.3. The topological polar surface area (TPSA) is 33.4 Å². The summed E-state index contributed by atoms with van der Waals surface area (Å²) in [5.41, 5.74) is 2.17. The van der Waals surface area contributed by atoms with E-state index in [1.165, 1.54) is 0 Å². The van der Waals surface area contributed by atoms with E-state index in [2.05, 4.69) is 6.58 Å². The predicted octanol–water partition coefficient (Wildman–Crippen LogP) is 2.61. The van der Waals surface area contributed by atoms with Crippen LogP contribution >= 0.6 is 0 Å². The van der Waals surface area contributed by atoms with Gasteiger partial charge >= 0.3 is 0 Å². The third-order valence-corrected chi connectivity index (χ3v) is 2.34. The molecule has 0 bridgehead atoms. The molecule has 2 rings (SSSR count). The SMILES string of the molecule is C=Cc1cc2cocc2cc1CCO. The lowest BCUT2D eigenvalue weighted by Crippen LogP contribution is -1.93. The van der Waals surface area contributed by atoms with E-state index >= 15 is 0 Å². The Kier molecular flexibility index (Phi) is 2.37. The van der Waals surface area contributed by atoms with Gasteiger partial charge in [0.1, 0.15) is 0 Å². The quantitative estimate of drug-likeness (QED) is 0.803. The van der Waals surface area contributed by atoms with E-state index in [1.54, 1.807) is 18.6 Å². The minimum absolute atomic E-state index is 0.157. The molecule has 1 aromatic carbocycles. The molecule has 0 saturated heterocycles. The number of aliphatic hydroxyl groups excluding tert-OH is 1. The Morgan fingerprint density at radius 2 is 2.00 bits per heavy atom. The van der Waals surface area contributed by atoms with E-state index in [1.807, 2.05) is 12.1 Å². The molecule has 1 N–H and O–H groups in total. The smallest absolute Gasteiger partial charge is 0.0981 e. The maximum Gasteiger partial charge on any atom is 0.0981 e. The zero-order valence-corrected chi connectivity index (χ0v) is 7.86. The molecule has 0 radical (unpaired) electrons. The summed E-state index contributed by atoms with van der Waals surface area (Å²) in [5, 5.41) is 11.0. The fourth-order valence-electron chi connectivity index (χ4n) is 1.61. The highest BCUT2D eigenvalue weighted by molar-refractivity contribution is 5.84. The average Bonchev–Trinajstić information content (AvgIpc) is 2.64.